The molecule has 0 spiro atoms. The Morgan fingerprint density at radius 3 is 1.46 bits per heavy atom. The van der Waals surface area contributed by atoms with E-state index in [2.05, 4.69) is 179 Å². The number of fused-ring (bicyclic) bond motifs is 10. The topological polar surface area (TPSA) is 61.7 Å². The fourth-order valence-corrected chi connectivity index (χ4v) is 9.62. The zero-order valence-electron chi connectivity index (χ0n) is 33.9. The minimum absolute atomic E-state index is 0.530. The second kappa shape index (κ2) is 14.0. The molecule has 0 saturated heterocycles. The van der Waals surface area contributed by atoms with Gasteiger partial charge in [0.05, 0.1) is 22.1 Å². The summed E-state index contributed by atoms with van der Waals surface area (Å²) in [5.41, 5.74) is 13.2. The molecule has 0 amide bonds. The Kier molecular flexibility index (Phi) is 7.80. The molecule has 13 rings (SSSR count). The van der Waals surface area contributed by atoms with E-state index in [1.54, 1.807) is 0 Å². The van der Waals surface area contributed by atoms with Crippen LogP contribution in [0.3, 0.4) is 0 Å². The summed E-state index contributed by atoms with van der Waals surface area (Å²) in [5, 5.41) is 6.54. The van der Waals surface area contributed by atoms with Gasteiger partial charge in [0.2, 0.25) is 5.95 Å². The van der Waals surface area contributed by atoms with Crippen molar-refractivity contribution in [2.75, 3.05) is 0 Å². The van der Waals surface area contributed by atoms with Gasteiger partial charge in [-0.15, -0.1) is 0 Å². The molecular formula is C57H35N5O. The molecular weight excluding hydrogens is 771 g/mol. The number of hydrogen-bond donors (Lipinski definition) is 0. The Morgan fingerprint density at radius 1 is 0.317 bits per heavy atom. The molecule has 4 aromatic heterocycles. The Labute approximate surface area is 361 Å². The number of benzene rings is 9. The molecule has 0 N–H and O–H groups in total. The molecule has 0 aliphatic carbocycles. The summed E-state index contributed by atoms with van der Waals surface area (Å²) in [5.74, 6) is 1.67. The summed E-state index contributed by atoms with van der Waals surface area (Å²) in [7, 11) is 0. The number of rotatable bonds is 6. The smallest absolute Gasteiger partial charge is 0.238 e. The molecule has 0 radical (unpaired) electrons. The van der Waals surface area contributed by atoms with E-state index < -0.39 is 0 Å². The monoisotopic (exact) mass is 805 g/mol. The SMILES string of the molecule is c1ccc(-c2ccc(-n3c4ccccc4c4ccc5c6ccccc6n(-c6nc(-c7ccccc7)nc(-c7cccc8oc9cccc(-c%10ccccc%10)c9c78)n6)c5c43)cc2)cc1. The van der Waals surface area contributed by atoms with Crippen LogP contribution in [-0.4, -0.2) is 24.1 Å². The molecule has 13 aromatic rings. The normalized spacial score (nSPS) is 11.8. The van der Waals surface area contributed by atoms with Gasteiger partial charge in [0, 0.05) is 49.1 Å². The number of nitrogens with zero attached hydrogens (tertiary/aromatic N) is 5. The van der Waals surface area contributed by atoms with Crippen LogP contribution in [0.1, 0.15) is 0 Å². The Balaban J connectivity index is 1.13. The third kappa shape index (κ3) is 5.48. The van der Waals surface area contributed by atoms with Crippen LogP contribution in [0, 0.1) is 0 Å². The highest BCUT2D eigenvalue weighted by Crippen LogP contribution is 2.44. The summed E-state index contributed by atoms with van der Waals surface area (Å²) >= 11 is 0. The highest BCUT2D eigenvalue weighted by Gasteiger charge is 2.25. The molecule has 0 unspecified atom stereocenters. The Morgan fingerprint density at radius 2 is 0.810 bits per heavy atom. The molecule has 0 saturated carbocycles. The van der Waals surface area contributed by atoms with Gasteiger partial charge in [-0.2, -0.15) is 9.97 Å². The van der Waals surface area contributed by atoms with Crippen molar-refractivity contribution in [1.29, 1.82) is 0 Å². The molecule has 294 valence electrons. The maximum atomic E-state index is 6.59. The van der Waals surface area contributed by atoms with Gasteiger partial charge in [-0.1, -0.05) is 176 Å². The van der Waals surface area contributed by atoms with Crippen LogP contribution in [-0.2, 0) is 0 Å². The lowest BCUT2D eigenvalue weighted by Gasteiger charge is -2.14. The first-order chi connectivity index (χ1) is 31.3. The molecule has 6 heteroatoms. The summed E-state index contributed by atoms with van der Waals surface area (Å²) < 4.78 is 11.2. The van der Waals surface area contributed by atoms with Gasteiger partial charge in [0.1, 0.15) is 11.2 Å². The van der Waals surface area contributed by atoms with Gasteiger partial charge in [-0.05, 0) is 58.7 Å². The van der Waals surface area contributed by atoms with Crippen molar-refractivity contribution in [3.8, 4) is 56.7 Å². The largest absolute Gasteiger partial charge is 0.456 e. The van der Waals surface area contributed by atoms with Crippen molar-refractivity contribution >= 4 is 65.6 Å². The number of para-hydroxylation sites is 2. The van der Waals surface area contributed by atoms with E-state index in [9.17, 15) is 0 Å². The van der Waals surface area contributed by atoms with Crippen molar-refractivity contribution in [2.45, 2.75) is 0 Å². The average molecular weight is 806 g/mol. The standard InChI is InChI=1S/C57H35N5O/c1-4-16-36(17-5-1)37-30-32-40(33-31-37)61-47-26-12-10-22-42(47)44-34-35-45-43-23-11-13-27-48(43)62(54(45)53(44)61)57-59-55(39-20-8-3-9-21-39)58-56(60-57)46-25-15-29-50-52(46)51-41(24-14-28-49(51)63-50)38-18-6-2-7-19-38/h1-35H. The van der Waals surface area contributed by atoms with Crippen LogP contribution in [0.15, 0.2) is 217 Å². The Bertz CT molecular complexity index is 3890. The van der Waals surface area contributed by atoms with E-state index in [1.165, 1.54) is 16.5 Å². The predicted molar refractivity (Wildman–Crippen MR) is 258 cm³/mol. The molecule has 0 atom stereocenters. The quantitative estimate of drug-likeness (QED) is 0.168. The highest BCUT2D eigenvalue weighted by atomic mass is 16.3. The molecule has 0 fully saturated rings. The summed E-state index contributed by atoms with van der Waals surface area (Å²) in [6.45, 7) is 0. The number of hydrogen-bond acceptors (Lipinski definition) is 4. The summed E-state index contributed by atoms with van der Waals surface area (Å²) in [6.07, 6.45) is 0. The van der Waals surface area contributed by atoms with Crippen LogP contribution >= 0.6 is 0 Å². The van der Waals surface area contributed by atoms with E-state index in [-0.39, 0.29) is 0 Å². The second-order valence-corrected chi connectivity index (χ2v) is 16.0. The van der Waals surface area contributed by atoms with E-state index in [1.807, 2.05) is 42.5 Å². The number of aromatic nitrogens is 5. The molecule has 0 aliphatic heterocycles. The van der Waals surface area contributed by atoms with E-state index in [4.69, 9.17) is 19.4 Å². The lowest BCUT2D eigenvalue weighted by atomic mass is 9.97. The van der Waals surface area contributed by atoms with Crippen molar-refractivity contribution in [3.05, 3.63) is 212 Å². The molecule has 0 bridgehead atoms. The van der Waals surface area contributed by atoms with Crippen LogP contribution in [0.25, 0.3) is 122 Å². The fourth-order valence-electron chi connectivity index (χ4n) is 9.62. The van der Waals surface area contributed by atoms with Gasteiger partial charge >= 0.3 is 0 Å². The molecule has 63 heavy (non-hydrogen) atoms. The lowest BCUT2D eigenvalue weighted by molar-refractivity contribution is 0.669. The third-order valence-corrected chi connectivity index (χ3v) is 12.4. The molecule has 4 heterocycles. The van der Waals surface area contributed by atoms with Crippen LogP contribution < -0.4 is 0 Å². The minimum Gasteiger partial charge on any atom is -0.456 e. The first-order valence-corrected chi connectivity index (χ1v) is 21.2. The predicted octanol–water partition coefficient (Wildman–Crippen LogP) is 14.6. The van der Waals surface area contributed by atoms with Gasteiger partial charge in [0.25, 0.3) is 0 Å². The maximum absolute atomic E-state index is 6.59. The van der Waals surface area contributed by atoms with Crippen molar-refractivity contribution in [3.63, 3.8) is 0 Å². The minimum atomic E-state index is 0.530. The van der Waals surface area contributed by atoms with E-state index in [0.29, 0.717) is 17.6 Å². The fraction of sp³-hybridized carbons (Fsp3) is 0. The lowest BCUT2D eigenvalue weighted by Crippen LogP contribution is -2.07. The van der Waals surface area contributed by atoms with E-state index >= 15 is 0 Å². The van der Waals surface area contributed by atoms with Crippen molar-refractivity contribution < 1.29 is 4.42 Å². The van der Waals surface area contributed by atoms with Gasteiger partial charge in [-0.25, -0.2) is 4.98 Å². The summed E-state index contributed by atoms with van der Waals surface area (Å²) in [6, 6.07) is 74.3. The number of furan rings is 1. The van der Waals surface area contributed by atoms with Gasteiger partial charge in [-0.3, -0.25) is 4.57 Å². The van der Waals surface area contributed by atoms with Crippen molar-refractivity contribution in [2.24, 2.45) is 0 Å². The van der Waals surface area contributed by atoms with Crippen molar-refractivity contribution in [1.82, 2.24) is 24.1 Å². The van der Waals surface area contributed by atoms with Crippen LogP contribution in [0.4, 0.5) is 0 Å². The van der Waals surface area contributed by atoms with Gasteiger partial charge < -0.3 is 8.98 Å². The second-order valence-electron chi connectivity index (χ2n) is 16.0. The van der Waals surface area contributed by atoms with Crippen LogP contribution in [0.5, 0.6) is 0 Å². The van der Waals surface area contributed by atoms with E-state index in [0.717, 1.165) is 88.1 Å². The first-order valence-electron chi connectivity index (χ1n) is 21.2. The first kappa shape index (κ1) is 35.2. The molecule has 0 aliphatic rings. The zero-order valence-corrected chi connectivity index (χ0v) is 33.9. The highest BCUT2D eigenvalue weighted by molar-refractivity contribution is 6.24. The van der Waals surface area contributed by atoms with Crippen LogP contribution in [0.2, 0.25) is 0 Å². The Hall–Kier alpha value is -8.61. The summed E-state index contributed by atoms with van der Waals surface area (Å²) in [4.78, 5) is 16.2. The molecule has 9 aromatic carbocycles. The molecule has 6 nitrogen and oxygen atoms in total. The zero-order chi connectivity index (χ0) is 41.4. The average Bonchev–Trinajstić information content (AvgIpc) is 4.03. The maximum Gasteiger partial charge on any atom is 0.238 e. The van der Waals surface area contributed by atoms with Gasteiger partial charge in [0.15, 0.2) is 11.6 Å². The third-order valence-electron chi connectivity index (χ3n) is 12.4.